The van der Waals surface area contributed by atoms with Gasteiger partial charge in [-0.2, -0.15) is 0 Å². The van der Waals surface area contributed by atoms with E-state index in [0.717, 1.165) is 23.6 Å². The van der Waals surface area contributed by atoms with Gasteiger partial charge in [-0.05, 0) is 44.4 Å². The molecule has 3 nitrogen and oxygen atoms in total. The van der Waals surface area contributed by atoms with E-state index < -0.39 is 0 Å². The third-order valence-electron chi connectivity index (χ3n) is 3.19. The number of ether oxygens (including phenoxy) is 1. The van der Waals surface area contributed by atoms with Crippen molar-refractivity contribution < 1.29 is 4.74 Å². The molecule has 106 valence electrons. The molecule has 0 saturated carbocycles. The summed E-state index contributed by atoms with van der Waals surface area (Å²) in [5.41, 5.74) is 2.96. The molecule has 0 aliphatic rings. The summed E-state index contributed by atoms with van der Waals surface area (Å²) in [6.07, 6.45) is 3.50. The SMILES string of the molecule is CCCCc1ccc(Oc2nc(C)c(C)nc2Cl)cc1. The van der Waals surface area contributed by atoms with E-state index in [9.17, 15) is 0 Å². The average Bonchev–Trinajstić information content (AvgIpc) is 2.44. The minimum Gasteiger partial charge on any atom is -0.436 e. The summed E-state index contributed by atoms with van der Waals surface area (Å²) in [6, 6.07) is 8.04. The lowest BCUT2D eigenvalue weighted by atomic mass is 10.1. The van der Waals surface area contributed by atoms with Gasteiger partial charge in [0.2, 0.25) is 0 Å². The Morgan fingerprint density at radius 3 is 2.35 bits per heavy atom. The van der Waals surface area contributed by atoms with Crippen LogP contribution in [0.3, 0.4) is 0 Å². The fourth-order valence-electron chi connectivity index (χ4n) is 1.84. The third kappa shape index (κ3) is 3.70. The maximum absolute atomic E-state index is 6.05. The molecule has 0 unspecified atom stereocenters. The summed E-state index contributed by atoms with van der Waals surface area (Å²) in [5.74, 6) is 1.08. The second-order valence-corrected chi connectivity index (χ2v) is 5.20. The van der Waals surface area contributed by atoms with Gasteiger partial charge in [0.05, 0.1) is 11.4 Å². The van der Waals surface area contributed by atoms with Crippen LogP contribution in [0.5, 0.6) is 11.6 Å². The number of unbranched alkanes of at least 4 members (excludes halogenated alkanes) is 1. The Morgan fingerprint density at radius 2 is 1.70 bits per heavy atom. The van der Waals surface area contributed by atoms with Crippen LogP contribution in [0.15, 0.2) is 24.3 Å². The molecule has 4 heteroatoms. The standard InChI is InChI=1S/C16H19ClN2O/c1-4-5-6-13-7-9-14(10-8-13)20-16-15(17)18-11(2)12(3)19-16/h7-10H,4-6H2,1-3H3. The summed E-state index contributed by atoms with van der Waals surface area (Å²) in [5, 5.41) is 0.295. The van der Waals surface area contributed by atoms with Crippen LogP contribution in [0, 0.1) is 13.8 Å². The number of rotatable bonds is 5. The summed E-state index contributed by atoms with van der Waals surface area (Å²) in [4.78, 5) is 8.53. The van der Waals surface area contributed by atoms with Gasteiger partial charge in [-0.1, -0.05) is 37.1 Å². The first kappa shape index (κ1) is 14.8. The van der Waals surface area contributed by atoms with E-state index in [-0.39, 0.29) is 0 Å². The van der Waals surface area contributed by atoms with Crippen molar-refractivity contribution in [2.24, 2.45) is 0 Å². The van der Waals surface area contributed by atoms with Crippen molar-refractivity contribution in [3.05, 3.63) is 46.4 Å². The molecule has 1 aromatic heterocycles. The van der Waals surface area contributed by atoms with Gasteiger partial charge in [0.15, 0.2) is 5.15 Å². The first-order valence-electron chi connectivity index (χ1n) is 6.87. The normalized spacial score (nSPS) is 10.6. The van der Waals surface area contributed by atoms with Crippen LogP contribution in [0.4, 0.5) is 0 Å². The van der Waals surface area contributed by atoms with Crippen molar-refractivity contribution in [2.45, 2.75) is 40.0 Å². The first-order valence-corrected chi connectivity index (χ1v) is 7.25. The molecule has 2 aromatic rings. The largest absolute Gasteiger partial charge is 0.436 e. The predicted octanol–water partition coefficient (Wildman–Crippen LogP) is 4.88. The Kier molecular flexibility index (Phi) is 4.96. The number of nitrogens with zero attached hydrogens (tertiary/aromatic N) is 2. The number of hydrogen-bond acceptors (Lipinski definition) is 3. The van der Waals surface area contributed by atoms with Crippen molar-refractivity contribution in [1.29, 1.82) is 0 Å². The topological polar surface area (TPSA) is 35.0 Å². The van der Waals surface area contributed by atoms with Crippen LogP contribution in [0.25, 0.3) is 0 Å². The zero-order valence-corrected chi connectivity index (χ0v) is 12.9. The predicted molar refractivity (Wildman–Crippen MR) is 81.6 cm³/mol. The number of aromatic nitrogens is 2. The van der Waals surface area contributed by atoms with Gasteiger partial charge in [-0.15, -0.1) is 0 Å². The van der Waals surface area contributed by atoms with Crippen LogP contribution in [-0.2, 0) is 6.42 Å². The number of hydrogen-bond donors (Lipinski definition) is 0. The van der Waals surface area contributed by atoms with Gasteiger partial charge in [0.25, 0.3) is 5.88 Å². The van der Waals surface area contributed by atoms with Crippen LogP contribution in [0.1, 0.15) is 36.7 Å². The van der Waals surface area contributed by atoms with Crippen LogP contribution < -0.4 is 4.74 Å². The third-order valence-corrected chi connectivity index (χ3v) is 3.44. The lowest BCUT2D eigenvalue weighted by Gasteiger charge is -2.09. The lowest BCUT2D eigenvalue weighted by Crippen LogP contribution is -1.97. The quantitative estimate of drug-likeness (QED) is 0.787. The fraction of sp³-hybridized carbons (Fsp3) is 0.375. The van der Waals surface area contributed by atoms with E-state index in [4.69, 9.17) is 16.3 Å². The molecule has 0 saturated heterocycles. The number of halogens is 1. The lowest BCUT2D eigenvalue weighted by molar-refractivity contribution is 0.458. The highest BCUT2D eigenvalue weighted by Gasteiger charge is 2.09. The van der Waals surface area contributed by atoms with Crippen molar-refractivity contribution in [3.63, 3.8) is 0 Å². The first-order chi connectivity index (χ1) is 9.60. The van der Waals surface area contributed by atoms with Crippen LogP contribution in [0.2, 0.25) is 5.15 Å². The average molecular weight is 291 g/mol. The van der Waals surface area contributed by atoms with Gasteiger partial charge < -0.3 is 4.74 Å². The molecule has 0 amide bonds. The van der Waals surface area contributed by atoms with Gasteiger partial charge in [-0.3, -0.25) is 0 Å². The van der Waals surface area contributed by atoms with E-state index in [1.807, 2.05) is 26.0 Å². The highest BCUT2D eigenvalue weighted by Crippen LogP contribution is 2.27. The van der Waals surface area contributed by atoms with Crippen LogP contribution in [-0.4, -0.2) is 9.97 Å². The molecule has 0 bridgehead atoms. The smallest absolute Gasteiger partial charge is 0.257 e. The zero-order chi connectivity index (χ0) is 14.5. The second-order valence-electron chi connectivity index (χ2n) is 4.84. The Balaban J connectivity index is 2.12. The highest BCUT2D eigenvalue weighted by atomic mass is 35.5. The van der Waals surface area contributed by atoms with Crippen molar-refractivity contribution >= 4 is 11.6 Å². The number of aryl methyl sites for hydroxylation is 3. The summed E-state index contributed by atoms with van der Waals surface area (Å²) < 4.78 is 5.70. The molecule has 0 radical (unpaired) electrons. The van der Waals surface area contributed by atoms with E-state index >= 15 is 0 Å². The molecule has 0 aliphatic heterocycles. The molecule has 0 N–H and O–H groups in total. The van der Waals surface area contributed by atoms with E-state index in [2.05, 4.69) is 29.0 Å². The maximum Gasteiger partial charge on any atom is 0.257 e. The van der Waals surface area contributed by atoms with Gasteiger partial charge >= 0.3 is 0 Å². The maximum atomic E-state index is 6.05. The van der Waals surface area contributed by atoms with Gasteiger partial charge in [0, 0.05) is 0 Å². The fourth-order valence-corrected chi connectivity index (χ4v) is 2.04. The summed E-state index contributed by atoms with van der Waals surface area (Å²) in [7, 11) is 0. The molecule has 0 atom stereocenters. The zero-order valence-electron chi connectivity index (χ0n) is 12.1. The second kappa shape index (κ2) is 6.71. The number of benzene rings is 1. The van der Waals surface area contributed by atoms with Crippen LogP contribution >= 0.6 is 11.6 Å². The van der Waals surface area contributed by atoms with E-state index in [1.54, 1.807) is 0 Å². The molecule has 2 rings (SSSR count). The Morgan fingerprint density at radius 1 is 1.05 bits per heavy atom. The molecule has 0 spiro atoms. The molecular weight excluding hydrogens is 272 g/mol. The summed E-state index contributed by atoms with van der Waals surface area (Å²) >= 11 is 6.05. The molecule has 1 aromatic carbocycles. The highest BCUT2D eigenvalue weighted by molar-refractivity contribution is 6.30. The van der Waals surface area contributed by atoms with Crippen molar-refractivity contribution in [2.75, 3.05) is 0 Å². The van der Waals surface area contributed by atoms with Gasteiger partial charge in [0.1, 0.15) is 5.75 Å². The molecular formula is C16H19ClN2O. The Hall–Kier alpha value is -1.61. The van der Waals surface area contributed by atoms with E-state index in [1.165, 1.54) is 18.4 Å². The molecule has 0 aliphatic carbocycles. The Bertz CT molecular complexity index is 582. The molecule has 1 heterocycles. The minimum atomic E-state index is 0.295. The summed E-state index contributed by atoms with van der Waals surface area (Å²) in [6.45, 7) is 5.96. The monoisotopic (exact) mass is 290 g/mol. The Labute approximate surface area is 125 Å². The van der Waals surface area contributed by atoms with E-state index in [0.29, 0.717) is 11.0 Å². The van der Waals surface area contributed by atoms with Crippen molar-refractivity contribution in [1.82, 2.24) is 9.97 Å². The molecule has 0 fully saturated rings. The van der Waals surface area contributed by atoms with Crippen molar-refractivity contribution in [3.8, 4) is 11.6 Å². The molecule has 20 heavy (non-hydrogen) atoms. The van der Waals surface area contributed by atoms with Gasteiger partial charge in [-0.25, -0.2) is 9.97 Å². The minimum absolute atomic E-state index is 0.295.